The third kappa shape index (κ3) is 5.66. The molecule has 0 atom stereocenters. The maximum atomic E-state index is 12.6. The predicted octanol–water partition coefficient (Wildman–Crippen LogP) is 3.68. The molecule has 3 aromatic rings. The molecule has 6 nitrogen and oxygen atoms in total. The van der Waals surface area contributed by atoms with Crippen LogP contribution in [0.2, 0.25) is 5.02 Å². The van der Waals surface area contributed by atoms with Gasteiger partial charge in [0.1, 0.15) is 0 Å². The molecule has 3 rings (SSSR count). The molecule has 0 unspecified atom stereocenters. The van der Waals surface area contributed by atoms with E-state index in [0.717, 1.165) is 10.4 Å². The highest BCUT2D eigenvalue weighted by atomic mass is 35.5. The highest BCUT2D eigenvalue weighted by Gasteiger charge is 2.11. The van der Waals surface area contributed by atoms with Crippen molar-refractivity contribution in [3.05, 3.63) is 86.1 Å². The predicted molar refractivity (Wildman–Crippen MR) is 118 cm³/mol. The monoisotopic (exact) mass is 443 g/mol. The van der Waals surface area contributed by atoms with E-state index in [1.165, 1.54) is 11.3 Å². The highest BCUT2D eigenvalue weighted by molar-refractivity contribution is 7.09. The van der Waals surface area contributed by atoms with E-state index in [9.17, 15) is 9.59 Å². The van der Waals surface area contributed by atoms with Gasteiger partial charge in [-0.15, -0.1) is 11.3 Å². The number of halogens is 1. The van der Waals surface area contributed by atoms with Crippen molar-refractivity contribution in [2.75, 3.05) is 20.3 Å². The Hall–Kier alpha value is -2.74. The topological polar surface area (TPSA) is 72.7 Å². The molecular formula is C22H22ClN3O3S. The van der Waals surface area contributed by atoms with Crippen LogP contribution in [0.5, 0.6) is 0 Å². The van der Waals surface area contributed by atoms with E-state index in [2.05, 4.69) is 10.3 Å². The van der Waals surface area contributed by atoms with Crippen LogP contribution in [0.1, 0.15) is 31.2 Å². The molecule has 156 valence electrons. The van der Waals surface area contributed by atoms with Gasteiger partial charge in [0.05, 0.1) is 17.2 Å². The van der Waals surface area contributed by atoms with Crippen LogP contribution in [-0.2, 0) is 11.3 Å². The fourth-order valence-corrected chi connectivity index (χ4v) is 3.91. The molecule has 1 N–H and O–H groups in total. The Morgan fingerprint density at radius 3 is 2.77 bits per heavy atom. The molecular weight excluding hydrogens is 422 g/mol. The van der Waals surface area contributed by atoms with Gasteiger partial charge in [-0.05, 0) is 36.8 Å². The van der Waals surface area contributed by atoms with Gasteiger partial charge in [0.15, 0.2) is 4.80 Å². The van der Waals surface area contributed by atoms with Gasteiger partial charge in [-0.2, -0.15) is 4.99 Å². The summed E-state index contributed by atoms with van der Waals surface area (Å²) in [6.45, 7) is 3.35. The number of amides is 2. The Labute approximate surface area is 183 Å². The molecule has 0 saturated heterocycles. The molecule has 1 heterocycles. The molecule has 1 aromatic heterocycles. The molecule has 0 saturated carbocycles. The summed E-state index contributed by atoms with van der Waals surface area (Å²) in [5, 5.41) is 3.19. The fourth-order valence-electron chi connectivity index (χ4n) is 2.86. The van der Waals surface area contributed by atoms with Crippen molar-refractivity contribution in [1.29, 1.82) is 0 Å². The Morgan fingerprint density at radius 1 is 1.20 bits per heavy atom. The Morgan fingerprint density at radius 2 is 2.00 bits per heavy atom. The lowest BCUT2D eigenvalue weighted by atomic mass is 10.1. The van der Waals surface area contributed by atoms with Crippen LogP contribution in [0.15, 0.2) is 59.7 Å². The summed E-state index contributed by atoms with van der Waals surface area (Å²) in [7, 11) is 1.59. The third-order valence-corrected chi connectivity index (χ3v) is 5.54. The molecule has 0 fully saturated rings. The number of nitrogens with one attached hydrogen (secondary N) is 1. The fraction of sp³-hybridized carbons (Fsp3) is 0.227. The SMILES string of the molecule is COCCNC(=O)c1cccc(Cn2cc(C)sc2=NC(=O)c2ccccc2Cl)c1. The zero-order chi connectivity index (χ0) is 21.5. The van der Waals surface area contributed by atoms with E-state index in [1.807, 2.05) is 35.9 Å². The van der Waals surface area contributed by atoms with Crippen LogP contribution < -0.4 is 10.1 Å². The standard InChI is InChI=1S/C22H22ClN3O3S/c1-15-13-26(22(30-15)25-21(28)18-8-3-4-9-19(18)23)14-16-6-5-7-17(12-16)20(27)24-10-11-29-2/h3-9,12-13H,10-11,14H2,1-2H3,(H,24,27). The number of rotatable bonds is 7. The van der Waals surface area contributed by atoms with Gasteiger partial charge >= 0.3 is 0 Å². The van der Waals surface area contributed by atoms with Gasteiger partial charge in [0, 0.05) is 36.8 Å². The molecule has 2 amide bonds. The van der Waals surface area contributed by atoms with Crippen LogP contribution in [0, 0.1) is 6.92 Å². The van der Waals surface area contributed by atoms with Crippen molar-refractivity contribution in [2.45, 2.75) is 13.5 Å². The Kier molecular flexibility index (Phi) is 7.57. The number of hydrogen-bond donors (Lipinski definition) is 1. The second-order valence-corrected chi connectivity index (χ2v) is 8.22. The number of aromatic nitrogens is 1. The first-order chi connectivity index (χ1) is 14.5. The second-order valence-electron chi connectivity index (χ2n) is 6.60. The Bertz CT molecular complexity index is 1120. The van der Waals surface area contributed by atoms with E-state index in [4.69, 9.17) is 16.3 Å². The van der Waals surface area contributed by atoms with E-state index in [-0.39, 0.29) is 11.8 Å². The van der Waals surface area contributed by atoms with Crippen molar-refractivity contribution >= 4 is 34.8 Å². The van der Waals surface area contributed by atoms with Crippen molar-refractivity contribution in [3.63, 3.8) is 0 Å². The molecule has 0 aliphatic heterocycles. The lowest BCUT2D eigenvalue weighted by Gasteiger charge is -2.08. The quantitative estimate of drug-likeness (QED) is 0.566. The summed E-state index contributed by atoms with van der Waals surface area (Å²) in [6.07, 6.45) is 1.94. The normalized spacial score (nSPS) is 11.5. The molecule has 2 aromatic carbocycles. The number of nitrogens with zero attached hydrogens (tertiary/aromatic N) is 2. The molecule has 0 aliphatic rings. The average molecular weight is 444 g/mol. The minimum absolute atomic E-state index is 0.154. The Balaban J connectivity index is 1.83. The number of benzene rings is 2. The summed E-state index contributed by atoms with van der Waals surface area (Å²) in [5.41, 5.74) is 1.87. The molecule has 0 radical (unpaired) electrons. The van der Waals surface area contributed by atoms with E-state index < -0.39 is 0 Å². The number of methoxy groups -OCH3 is 1. The summed E-state index contributed by atoms with van der Waals surface area (Å²) in [5.74, 6) is -0.540. The third-order valence-electron chi connectivity index (χ3n) is 4.27. The number of aryl methyl sites for hydroxylation is 1. The first kappa shape index (κ1) is 22.0. The molecule has 0 spiro atoms. The average Bonchev–Trinajstić information content (AvgIpc) is 3.07. The largest absolute Gasteiger partial charge is 0.383 e. The van der Waals surface area contributed by atoms with Crippen molar-refractivity contribution in [2.24, 2.45) is 4.99 Å². The number of carbonyl (C=O) groups is 2. The first-order valence-electron chi connectivity index (χ1n) is 9.34. The zero-order valence-electron chi connectivity index (χ0n) is 16.7. The van der Waals surface area contributed by atoms with Gasteiger partial charge in [0.25, 0.3) is 11.8 Å². The van der Waals surface area contributed by atoms with Crippen molar-refractivity contribution in [3.8, 4) is 0 Å². The van der Waals surface area contributed by atoms with Crippen LogP contribution in [0.25, 0.3) is 0 Å². The zero-order valence-corrected chi connectivity index (χ0v) is 18.3. The maximum Gasteiger partial charge on any atom is 0.281 e. The van der Waals surface area contributed by atoms with Crippen LogP contribution in [0.3, 0.4) is 0 Å². The molecule has 0 aliphatic carbocycles. The summed E-state index contributed by atoms with van der Waals surface area (Å²) >= 11 is 7.55. The lowest BCUT2D eigenvalue weighted by Crippen LogP contribution is -2.27. The number of hydrogen-bond acceptors (Lipinski definition) is 4. The van der Waals surface area contributed by atoms with Gasteiger partial charge in [0.2, 0.25) is 0 Å². The molecule has 0 bridgehead atoms. The van der Waals surface area contributed by atoms with E-state index in [1.54, 1.807) is 37.4 Å². The van der Waals surface area contributed by atoms with Gasteiger partial charge < -0.3 is 14.6 Å². The van der Waals surface area contributed by atoms with Crippen LogP contribution >= 0.6 is 22.9 Å². The number of thiazole rings is 1. The highest BCUT2D eigenvalue weighted by Crippen LogP contribution is 2.16. The van der Waals surface area contributed by atoms with Crippen LogP contribution in [0.4, 0.5) is 0 Å². The minimum atomic E-state index is -0.387. The maximum absolute atomic E-state index is 12.6. The minimum Gasteiger partial charge on any atom is -0.383 e. The second kappa shape index (κ2) is 10.3. The summed E-state index contributed by atoms with van der Waals surface area (Å²) < 4.78 is 6.85. The van der Waals surface area contributed by atoms with Crippen molar-refractivity contribution < 1.29 is 14.3 Å². The van der Waals surface area contributed by atoms with Gasteiger partial charge in [-0.3, -0.25) is 9.59 Å². The van der Waals surface area contributed by atoms with Gasteiger partial charge in [-0.1, -0.05) is 35.9 Å². The van der Waals surface area contributed by atoms with E-state index >= 15 is 0 Å². The molecule has 30 heavy (non-hydrogen) atoms. The van der Waals surface area contributed by atoms with Crippen LogP contribution in [-0.4, -0.2) is 36.6 Å². The molecule has 8 heteroatoms. The number of carbonyl (C=O) groups excluding carboxylic acids is 2. The summed E-state index contributed by atoms with van der Waals surface area (Å²) in [6, 6.07) is 14.2. The van der Waals surface area contributed by atoms with E-state index in [0.29, 0.717) is 40.6 Å². The first-order valence-corrected chi connectivity index (χ1v) is 10.5. The number of ether oxygens (including phenoxy) is 1. The van der Waals surface area contributed by atoms with Crippen molar-refractivity contribution in [1.82, 2.24) is 9.88 Å². The smallest absolute Gasteiger partial charge is 0.281 e. The van der Waals surface area contributed by atoms with Gasteiger partial charge in [-0.25, -0.2) is 0 Å². The summed E-state index contributed by atoms with van der Waals surface area (Å²) in [4.78, 5) is 30.8. The lowest BCUT2D eigenvalue weighted by molar-refractivity contribution is 0.0936.